The van der Waals surface area contributed by atoms with Crippen molar-refractivity contribution >= 4 is 12.4 Å². The number of phenols is 1. The summed E-state index contributed by atoms with van der Waals surface area (Å²) in [6.07, 6.45) is -2.80. The molecule has 0 spiro atoms. The van der Waals surface area contributed by atoms with Crippen molar-refractivity contribution in [2.75, 3.05) is 0 Å². The van der Waals surface area contributed by atoms with Crippen molar-refractivity contribution in [3.63, 3.8) is 0 Å². The number of aromatic hydroxyl groups is 1. The molecular weight excluding hydrogens is 212 g/mol. The van der Waals surface area contributed by atoms with Gasteiger partial charge < -0.3 is 10.8 Å². The number of rotatable bonds is 3. The highest BCUT2D eigenvalue weighted by atomic mass is 35.5. The van der Waals surface area contributed by atoms with E-state index in [0.29, 0.717) is 5.56 Å². The second-order valence-electron chi connectivity index (χ2n) is 2.83. The van der Waals surface area contributed by atoms with Gasteiger partial charge in [-0.1, -0.05) is 12.1 Å². The van der Waals surface area contributed by atoms with Crippen molar-refractivity contribution in [3.05, 3.63) is 29.8 Å². The predicted molar refractivity (Wildman–Crippen MR) is 52.9 cm³/mol. The molecule has 80 valence electrons. The molecule has 0 aliphatic carbocycles. The molecule has 0 saturated heterocycles. The van der Waals surface area contributed by atoms with Crippen LogP contribution in [0.15, 0.2) is 24.3 Å². The van der Waals surface area contributed by atoms with Crippen LogP contribution in [0.4, 0.5) is 8.78 Å². The molecular formula is C9H12ClF2NO. The van der Waals surface area contributed by atoms with E-state index < -0.39 is 12.5 Å². The third-order valence-corrected chi connectivity index (χ3v) is 1.73. The minimum absolute atomic E-state index is 0. The van der Waals surface area contributed by atoms with Gasteiger partial charge in [0.25, 0.3) is 0 Å². The summed E-state index contributed by atoms with van der Waals surface area (Å²) < 4.78 is 23.9. The van der Waals surface area contributed by atoms with Gasteiger partial charge in [-0.15, -0.1) is 12.4 Å². The highest BCUT2D eigenvalue weighted by Crippen LogP contribution is 2.21. The van der Waals surface area contributed by atoms with E-state index in [1.165, 1.54) is 12.1 Å². The largest absolute Gasteiger partial charge is 0.508 e. The van der Waals surface area contributed by atoms with Crippen LogP contribution in [0.1, 0.15) is 18.0 Å². The van der Waals surface area contributed by atoms with Gasteiger partial charge >= 0.3 is 0 Å². The summed E-state index contributed by atoms with van der Waals surface area (Å²) in [5, 5.41) is 9.05. The Hall–Kier alpha value is -0.870. The molecule has 1 rings (SSSR count). The lowest BCUT2D eigenvalue weighted by Gasteiger charge is -2.10. The standard InChI is InChI=1S/C9H11F2NO.ClH/c10-9(11)5-8(12)6-2-1-3-7(13)4-6;/h1-4,8-9,13H,5,12H2;1H/t8-;/m1./s1. The van der Waals surface area contributed by atoms with E-state index in [1.54, 1.807) is 12.1 Å². The lowest BCUT2D eigenvalue weighted by atomic mass is 10.1. The molecule has 1 atom stereocenters. The van der Waals surface area contributed by atoms with Gasteiger partial charge in [-0.25, -0.2) is 8.78 Å². The smallest absolute Gasteiger partial charge is 0.240 e. The summed E-state index contributed by atoms with van der Waals surface area (Å²) >= 11 is 0. The minimum atomic E-state index is -2.42. The first-order valence-electron chi connectivity index (χ1n) is 3.92. The fourth-order valence-electron chi connectivity index (χ4n) is 1.08. The van der Waals surface area contributed by atoms with Crippen LogP contribution in [0.3, 0.4) is 0 Å². The van der Waals surface area contributed by atoms with E-state index in [0.717, 1.165) is 0 Å². The number of halogens is 3. The molecule has 0 heterocycles. The van der Waals surface area contributed by atoms with Crippen LogP contribution in [0, 0.1) is 0 Å². The number of hydrogen-bond acceptors (Lipinski definition) is 2. The van der Waals surface area contributed by atoms with Crippen LogP contribution >= 0.6 is 12.4 Å². The van der Waals surface area contributed by atoms with Gasteiger partial charge in [-0.05, 0) is 17.7 Å². The van der Waals surface area contributed by atoms with E-state index in [1.807, 2.05) is 0 Å². The first kappa shape index (κ1) is 13.1. The third kappa shape index (κ3) is 3.89. The lowest BCUT2D eigenvalue weighted by molar-refractivity contribution is 0.128. The highest BCUT2D eigenvalue weighted by molar-refractivity contribution is 5.85. The summed E-state index contributed by atoms with van der Waals surface area (Å²) in [6, 6.07) is 5.35. The Morgan fingerprint density at radius 2 is 2.00 bits per heavy atom. The van der Waals surface area contributed by atoms with Crippen molar-refractivity contribution in [2.45, 2.75) is 18.9 Å². The molecule has 1 aromatic rings. The van der Waals surface area contributed by atoms with Gasteiger partial charge in [0, 0.05) is 12.5 Å². The Balaban J connectivity index is 0.00000169. The quantitative estimate of drug-likeness (QED) is 0.827. The number of alkyl halides is 2. The summed E-state index contributed by atoms with van der Waals surface area (Å²) in [4.78, 5) is 0. The molecule has 0 radical (unpaired) electrons. The molecule has 0 unspecified atom stereocenters. The molecule has 0 aliphatic rings. The van der Waals surface area contributed by atoms with Crippen LogP contribution in [-0.2, 0) is 0 Å². The van der Waals surface area contributed by atoms with Crippen LogP contribution in [0.25, 0.3) is 0 Å². The van der Waals surface area contributed by atoms with Crippen LogP contribution in [-0.4, -0.2) is 11.5 Å². The van der Waals surface area contributed by atoms with E-state index in [2.05, 4.69) is 0 Å². The average molecular weight is 224 g/mol. The zero-order valence-corrected chi connectivity index (χ0v) is 8.18. The van der Waals surface area contributed by atoms with Gasteiger partial charge in [0.05, 0.1) is 0 Å². The van der Waals surface area contributed by atoms with Crippen LogP contribution in [0.5, 0.6) is 5.75 Å². The third-order valence-electron chi connectivity index (χ3n) is 1.73. The Kier molecular flexibility index (Phi) is 5.42. The average Bonchev–Trinajstić information content (AvgIpc) is 2.03. The molecule has 0 saturated carbocycles. The van der Waals surface area contributed by atoms with Crippen molar-refractivity contribution < 1.29 is 13.9 Å². The SMILES string of the molecule is Cl.N[C@H](CC(F)F)c1cccc(O)c1. The topological polar surface area (TPSA) is 46.2 Å². The maximum atomic E-state index is 11.9. The van der Waals surface area contributed by atoms with E-state index in [9.17, 15) is 8.78 Å². The van der Waals surface area contributed by atoms with Crippen molar-refractivity contribution in [1.82, 2.24) is 0 Å². The summed E-state index contributed by atoms with van der Waals surface area (Å²) in [5.74, 6) is 0.0437. The maximum Gasteiger partial charge on any atom is 0.240 e. The molecule has 3 N–H and O–H groups in total. The molecule has 0 amide bonds. The van der Waals surface area contributed by atoms with E-state index >= 15 is 0 Å². The summed E-state index contributed by atoms with van der Waals surface area (Å²) in [5.41, 5.74) is 6.00. The Morgan fingerprint density at radius 3 is 2.50 bits per heavy atom. The fourth-order valence-corrected chi connectivity index (χ4v) is 1.08. The number of hydrogen-bond donors (Lipinski definition) is 2. The molecule has 0 aliphatic heterocycles. The number of benzene rings is 1. The first-order valence-corrected chi connectivity index (χ1v) is 3.92. The van der Waals surface area contributed by atoms with Crippen molar-refractivity contribution in [3.8, 4) is 5.75 Å². The molecule has 0 fully saturated rings. The van der Waals surface area contributed by atoms with Gasteiger partial charge in [0.1, 0.15) is 5.75 Å². The Labute approximate surface area is 87.1 Å². The molecule has 0 bridgehead atoms. The van der Waals surface area contributed by atoms with Gasteiger partial charge in [0.2, 0.25) is 6.43 Å². The zero-order chi connectivity index (χ0) is 9.84. The van der Waals surface area contributed by atoms with Gasteiger partial charge in [0.15, 0.2) is 0 Å². The van der Waals surface area contributed by atoms with Crippen LogP contribution < -0.4 is 5.73 Å². The van der Waals surface area contributed by atoms with Crippen molar-refractivity contribution in [2.24, 2.45) is 5.73 Å². The number of phenolic OH excluding ortho intramolecular Hbond substituents is 1. The second kappa shape index (κ2) is 5.78. The molecule has 5 heteroatoms. The molecule has 2 nitrogen and oxygen atoms in total. The lowest BCUT2D eigenvalue weighted by Crippen LogP contribution is -2.13. The van der Waals surface area contributed by atoms with Gasteiger partial charge in [-0.3, -0.25) is 0 Å². The Bertz CT molecular complexity index is 283. The van der Waals surface area contributed by atoms with Gasteiger partial charge in [-0.2, -0.15) is 0 Å². The van der Waals surface area contributed by atoms with Crippen molar-refractivity contribution in [1.29, 1.82) is 0 Å². The minimum Gasteiger partial charge on any atom is -0.508 e. The molecule has 14 heavy (non-hydrogen) atoms. The molecule has 1 aromatic carbocycles. The molecule has 0 aromatic heterocycles. The summed E-state index contributed by atoms with van der Waals surface area (Å²) in [7, 11) is 0. The monoisotopic (exact) mass is 223 g/mol. The number of nitrogens with two attached hydrogens (primary N) is 1. The van der Waals surface area contributed by atoms with Crippen LogP contribution in [0.2, 0.25) is 0 Å². The van der Waals surface area contributed by atoms with E-state index in [4.69, 9.17) is 10.8 Å². The summed E-state index contributed by atoms with van der Waals surface area (Å²) in [6.45, 7) is 0. The maximum absolute atomic E-state index is 11.9. The second-order valence-corrected chi connectivity index (χ2v) is 2.83. The predicted octanol–water partition coefficient (Wildman–Crippen LogP) is 2.47. The van der Waals surface area contributed by atoms with E-state index in [-0.39, 0.29) is 24.6 Å². The Morgan fingerprint density at radius 1 is 1.36 bits per heavy atom. The zero-order valence-electron chi connectivity index (χ0n) is 7.36. The normalized spacial score (nSPS) is 12.3. The highest BCUT2D eigenvalue weighted by Gasteiger charge is 2.12. The fraction of sp³-hybridized carbons (Fsp3) is 0.333. The first-order chi connectivity index (χ1) is 6.09.